The maximum Gasteiger partial charge on any atom is 0.292 e. The smallest absolute Gasteiger partial charge is 0.292 e. The summed E-state index contributed by atoms with van der Waals surface area (Å²) in [5, 5.41) is 10.7. The molecule has 1 N–H and O–H groups in total. The number of ether oxygens (including phenoxy) is 1. The second-order valence-electron chi connectivity index (χ2n) is 8.09. The molecule has 192 valence electrons. The van der Waals surface area contributed by atoms with Crippen molar-refractivity contribution in [3.8, 4) is 0 Å². The molecule has 3 aliphatic heterocycles. The van der Waals surface area contributed by atoms with Crippen LogP contribution in [0.1, 0.15) is 26.0 Å². The number of carbonyl (C=O) groups excluding carboxylic acids is 1. The number of fused-ring (bicyclic) bond motifs is 1. The lowest BCUT2D eigenvalue weighted by Gasteiger charge is -2.36. The molecule has 3 aliphatic rings. The van der Waals surface area contributed by atoms with Gasteiger partial charge < -0.3 is 24.5 Å². The van der Waals surface area contributed by atoms with Crippen molar-refractivity contribution in [2.75, 3.05) is 66.8 Å². The minimum absolute atomic E-state index is 0.346. The summed E-state index contributed by atoms with van der Waals surface area (Å²) in [4.78, 5) is 26.0. The number of aliphatic hydroxyl groups excluding tert-OH is 1. The number of nitrogens with zero attached hydrogens (tertiary/aromatic N) is 5. The normalized spacial score (nSPS) is 20.9. The molecule has 1 aromatic heterocycles. The fraction of sp³-hybridized carbons (Fsp3) is 0.542. The number of aliphatic hydroxyl groups is 1. The number of aryl methyl sites for hydroxylation is 1. The summed E-state index contributed by atoms with van der Waals surface area (Å²) in [6.07, 6.45) is 1.10. The fourth-order valence-corrected chi connectivity index (χ4v) is 5.77. The number of rotatable bonds is 4. The maximum absolute atomic E-state index is 12.5. The first-order valence-electron chi connectivity index (χ1n) is 11.9. The van der Waals surface area contributed by atoms with Crippen LogP contribution in [-0.4, -0.2) is 84.0 Å². The molecular formula is C24H34ClN5O4S. The summed E-state index contributed by atoms with van der Waals surface area (Å²) in [6.45, 7) is 9.08. The lowest BCUT2D eigenvalue weighted by atomic mass is 10.2. The van der Waals surface area contributed by atoms with Crippen molar-refractivity contribution >= 4 is 46.3 Å². The van der Waals surface area contributed by atoms with Gasteiger partial charge in [-0.1, -0.05) is 25.4 Å². The number of β-amino-alcohol motifs (C(OH)–C–C–N with tert-alkyl or cyclic N) is 1. The van der Waals surface area contributed by atoms with Gasteiger partial charge in [0, 0.05) is 62.2 Å². The molecule has 0 saturated carbocycles. The molecule has 0 spiro atoms. The minimum atomic E-state index is -1.05. The van der Waals surface area contributed by atoms with Crippen LogP contribution in [0.2, 0.25) is 5.02 Å². The van der Waals surface area contributed by atoms with E-state index in [1.54, 1.807) is 0 Å². The number of anilines is 3. The van der Waals surface area contributed by atoms with Gasteiger partial charge in [-0.05, 0) is 30.7 Å². The Bertz CT molecular complexity index is 1000. The Kier molecular flexibility index (Phi) is 10.1. The molecule has 2 unspecified atom stereocenters. The van der Waals surface area contributed by atoms with Gasteiger partial charge in [0.05, 0.1) is 29.7 Å². The number of carbonyl (C=O) groups is 1. The van der Waals surface area contributed by atoms with Crippen molar-refractivity contribution in [2.24, 2.45) is 0 Å². The van der Waals surface area contributed by atoms with E-state index >= 15 is 0 Å². The maximum atomic E-state index is 12.5. The molecule has 11 heteroatoms. The topological polar surface area (TPSA) is 99.1 Å². The molecule has 0 bridgehead atoms. The van der Waals surface area contributed by atoms with Crippen molar-refractivity contribution in [1.29, 1.82) is 0 Å². The zero-order valence-electron chi connectivity index (χ0n) is 20.5. The van der Waals surface area contributed by atoms with E-state index in [4.69, 9.17) is 26.4 Å². The van der Waals surface area contributed by atoms with Crippen LogP contribution in [0.15, 0.2) is 29.2 Å². The van der Waals surface area contributed by atoms with E-state index in [1.807, 2.05) is 26.0 Å². The first-order valence-corrected chi connectivity index (χ1v) is 13.6. The highest BCUT2D eigenvalue weighted by Gasteiger charge is 2.33. The molecule has 0 aliphatic carbocycles. The van der Waals surface area contributed by atoms with Crippen molar-refractivity contribution in [1.82, 2.24) is 9.97 Å². The third-order valence-electron chi connectivity index (χ3n) is 5.97. The molecule has 9 nitrogen and oxygen atoms in total. The molecule has 0 amide bonds. The number of piperazine rings is 1. The first-order chi connectivity index (χ1) is 17.0. The molecule has 4 heterocycles. The fourth-order valence-electron chi connectivity index (χ4n) is 4.27. The number of methoxy groups -OCH3 is 1. The number of benzene rings is 1. The molecule has 2 aromatic rings. The second-order valence-corrected chi connectivity index (χ2v) is 10.0. The Morgan fingerprint density at radius 3 is 2.26 bits per heavy atom. The quantitative estimate of drug-likeness (QED) is 0.606. The highest BCUT2D eigenvalue weighted by atomic mass is 35.5. The van der Waals surface area contributed by atoms with E-state index < -0.39 is 10.8 Å². The lowest BCUT2D eigenvalue weighted by Crippen LogP contribution is -2.47. The van der Waals surface area contributed by atoms with Crippen molar-refractivity contribution in [3.63, 3.8) is 0 Å². The van der Waals surface area contributed by atoms with E-state index in [9.17, 15) is 9.32 Å². The summed E-state index contributed by atoms with van der Waals surface area (Å²) in [5.41, 5.74) is 2.08. The number of aromatic nitrogens is 2. The average molecular weight is 524 g/mol. The summed E-state index contributed by atoms with van der Waals surface area (Å²) in [7, 11) is 0.264. The van der Waals surface area contributed by atoms with Gasteiger partial charge in [-0.25, -0.2) is 4.98 Å². The molecule has 35 heavy (non-hydrogen) atoms. The Balaban J connectivity index is 0.000000521. The minimum Gasteiger partial charge on any atom is -0.471 e. The van der Waals surface area contributed by atoms with Crippen LogP contribution in [0.25, 0.3) is 0 Å². The largest absolute Gasteiger partial charge is 0.471 e. The highest BCUT2D eigenvalue weighted by molar-refractivity contribution is 7.85. The highest BCUT2D eigenvalue weighted by Crippen LogP contribution is 2.34. The van der Waals surface area contributed by atoms with Gasteiger partial charge in [0.1, 0.15) is 4.90 Å². The summed E-state index contributed by atoms with van der Waals surface area (Å²) < 4.78 is 16.4. The second kappa shape index (κ2) is 13.0. The molecule has 0 radical (unpaired) electrons. The zero-order chi connectivity index (χ0) is 25.4. The van der Waals surface area contributed by atoms with Gasteiger partial charge in [-0.3, -0.25) is 9.00 Å². The zero-order valence-corrected chi connectivity index (χ0v) is 22.1. The Morgan fingerprint density at radius 1 is 1.06 bits per heavy atom. The molecule has 2 saturated heterocycles. The Hall–Kier alpha value is -2.43. The standard InChI is InChI=1S/C20H24ClN5O2S.C2H4O2.C2H6/c21-14-1-3-15(4-2-14)24-8-10-25(11-9-24)20-22-17-6-12-29(28)18(17)19(23-20)26-7-5-16(27)13-26;1-4-2-3;1-2/h1-4,16,27H,5-13H2;2H,1H3;1-2H3. The van der Waals surface area contributed by atoms with E-state index in [0.717, 1.165) is 72.9 Å². The number of halogens is 1. The van der Waals surface area contributed by atoms with Crippen LogP contribution in [0.3, 0.4) is 0 Å². The molecule has 5 rings (SSSR count). The van der Waals surface area contributed by atoms with Gasteiger partial charge in [0.15, 0.2) is 5.82 Å². The predicted molar refractivity (Wildman–Crippen MR) is 140 cm³/mol. The number of hydrogen-bond donors (Lipinski definition) is 1. The number of hydrogen-bond acceptors (Lipinski definition) is 9. The Labute approximate surface area is 214 Å². The van der Waals surface area contributed by atoms with Crippen LogP contribution in [0.4, 0.5) is 17.5 Å². The van der Waals surface area contributed by atoms with Crippen LogP contribution < -0.4 is 14.7 Å². The summed E-state index contributed by atoms with van der Waals surface area (Å²) >= 11 is 6.00. The lowest BCUT2D eigenvalue weighted by molar-refractivity contribution is -0.126. The van der Waals surface area contributed by atoms with Gasteiger partial charge in [0.2, 0.25) is 5.95 Å². The SMILES string of the molecule is CC.COC=O.O=S1CCc2nc(N3CCN(c4ccc(Cl)cc4)CC3)nc(N3CCC(O)C3)c21. The van der Waals surface area contributed by atoms with E-state index in [1.165, 1.54) is 12.8 Å². The van der Waals surface area contributed by atoms with Crippen LogP contribution in [-0.2, 0) is 26.8 Å². The first kappa shape index (κ1) is 27.2. The monoisotopic (exact) mass is 523 g/mol. The van der Waals surface area contributed by atoms with Gasteiger partial charge in [0.25, 0.3) is 6.47 Å². The Morgan fingerprint density at radius 2 is 1.69 bits per heavy atom. The van der Waals surface area contributed by atoms with Gasteiger partial charge in [-0.2, -0.15) is 4.98 Å². The van der Waals surface area contributed by atoms with Crippen molar-refractivity contribution in [3.05, 3.63) is 35.0 Å². The van der Waals surface area contributed by atoms with Gasteiger partial charge in [-0.15, -0.1) is 0 Å². The predicted octanol–water partition coefficient (Wildman–Crippen LogP) is 2.51. The summed E-state index contributed by atoms with van der Waals surface area (Å²) in [6, 6.07) is 7.94. The van der Waals surface area contributed by atoms with Crippen LogP contribution in [0, 0.1) is 0 Å². The van der Waals surface area contributed by atoms with Crippen molar-refractivity contribution in [2.45, 2.75) is 37.7 Å². The summed E-state index contributed by atoms with van der Waals surface area (Å²) in [5.74, 6) is 2.09. The third kappa shape index (κ3) is 6.62. The van der Waals surface area contributed by atoms with E-state index in [-0.39, 0.29) is 6.10 Å². The average Bonchev–Trinajstić information content (AvgIpc) is 3.51. The third-order valence-corrected chi connectivity index (χ3v) is 7.67. The van der Waals surface area contributed by atoms with Crippen molar-refractivity contribution < 1.29 is 18.8 Å². The van der Waals surface area contributed by atoms with Crippen LogP contribution in [0.5, 0.6) is 0 Å². The van der Waals surface area contributed by atoms with Gasteiger partial charge >= 0.3 is 0 Å². The van der Waals surface area contributed by atoms with Crippen LogP contribution >= 0.6 is 11.6 Å². The van der Waals surface area contributed by atoms with E-state index in [0.29, 0.717) is 18.8 Å². The molecule has 2 fully saturated rings. The molecular weight excluding hydrogens is 490 g/mol. The molecule has 2 atom stereocenters. The molecule has 1 aromatic carbocycles. The van der Waals surface area contributed by atoms with E-state index in [2.05, 4.69) is 31.6 Å².